The van der Waals surface area contributed by atoms with E-state index in [-0.39, 0.29) is 6.04 Å². The zero-order chi connectivity index (χ0) is 13.8. The quantitative estimate of drug-likeness (QED) is 0.915. The molecule has 1 unspecified atom stereocenters. The molecule has 2 N–H and O–H groups in total. The van der Waals surface area contributed by atoms with Crippen LogP contribution in [0, 0.1) is 13.8 Å². The molecule has 0 bridgehead atoms. The predicted octanol–water partition coefficient (Wildman–Crippen LogP) is 2.78. The van der Waals surface area contributed by atoms with Crippen molar-refractivity contribution in [2.75, 3.05) is 0 Å². The molecule has 100 valence electrons. The maximum atomic E-state index is 5.73. The van der Waals surface area contributed by atoms with Crippen molar-refractivity contribution < 1.29 is 4.74 Å². The summed E-state index contributed by atoms with van der Waals surface area (Å²) in [6.45, 7) is 6.02. The van der Waals surface area contributed by atoms with Gasteiger partial charge in [-0.2, -0.15) is 0 Å². The van der Waals surface area contributed by atoms with E-state index in [9.17, 15) is 0 Å². The summed E-state index contributed by atoms with van der Waals surface area (Å²) < 4.78 is 5.67. The smallest absolute Gasteiger partial charge is 0.321 e. The summed E-state index contributed by atoms with van der Waals surface area (Å²) in [5, 5.41) is 0. The first-order chi connectivity index (χ1) is 9.04. The van der Waals surface area contributed by atoms with Crippen molar-refractivity contribution >= 4 is 0 Å². The van der Waals surface area contributed by atoms with E-state index in [2.05, 4.69) is 23.0 Å². The Balaban J connectivity index is 2.10. The zero-order valence-corrected chi connectivity index (χ0v) is 11.6. The van der Waals surface area contributed by atoms with Gasteiger partial charge in [-0.05, 0) is 44.4 Å². The Kier molecular flexibility index (Phi) is 4.12. The molecule has 19 heavy (non-hydrogen) atoms. The average molecular weight is 257 g/mol. The number of hydrogen-bond acceptors (Lipinski definition) is 4. The fraction of sp³-hybridized carbons (Fsp3) is 0.333. The topological polar surface area (TPSA) is 61.0 Å². The summed E-state index contributed by atoms with van der Waals surface area (Å²) in [7, 11) is 0. The summed E-state index contributed by atoms with van der Waals surface area (Å²) in [5.74, 6) is 0.783. The number of benzene rings is 1. The first kappa shape index (κ1) is 13.5. The molecule has 0 saturated carbocycles. The Morgan fingerprint density at radius 3 is 2.47 bits per heavy atom. The number of nitrogens with two attached hydrogens (primary N) is 1. The molecule has 0 aliphatic heterocycles. The van der Waals surface area contributed by atoms with Crippen LogP contribution < -0.4 is 10.5 Å². The first-order valence-electron chi connectivity index (χ1n) is 6.36. The van der Waals surface area contributed by atoms with Gasteiger partial charge >= 0.3 is 6.01 Å². The molecule has 4 nitrogen and oxygen atoms in total. The maximum Gasteiger partial charge on any atom is 0.321 e. The van der Waals surface area contributed by atoms with Gasteiger partial charge < -0.3 is 10.5 Å². The Labute approximate surface area is 113 Å². The van der Waals surface area contributed by atoms with E-state index in [4.69, 9.17) is 10.5 Å². The van der Waals surface area contributed by atoms with Crippen LogP contribution in [0.3, 0.4) is 0 Å². The Hall–Kier alpha value is -1.94. The van der Waals surface area contributed by atoms with Gasteiger partial charge in [-0.25, -0.2) is 9.97 Å². The summed E-state index contributed by atoms with van der Waals surface area (Å²) in [4.78, 5) is 8.40. The van der Waals surface area contributed by atoms with Gasteiger partial charge in [0.1, 0.15) is 5.75 Å². The summed E-state index contributed by atoms with van der Waals surface area (Å²) in [5.41, 5.74) is 9.03. The minimum absolute atomic E-state index is 0.106. The fourth-order valence-corrected chi connectivity index (χ4v) is 1.89. The second-order valence-electron chi connectivity index (χ2n) is 4.93. The Bertz CT molecular complexity index is 550. The summed E-state index contributed by atoms with van der Waals surface area (Å²) >= 11 is 0. The number of rotatable bonds is 4. The third kappa shape index (κ3) is 3.76. The van der Waals surface area contributed by atoms with E-state index in [1.807, 2.05) is 26.0 Å². The molecule has 0 aliphatic rings. The van der Waals surface area contributed by atoms with Crippen molar-refractivity contribution in [3.05, 3.63) is 47.3 Å². The number of nitrogens with zero attached hydrogens (tertiary/aromatic N) is 2. The SMILES string of the molecule is Cc1ccc(Oc2ncc(CC(C)N)cn2)c(C)c1. The molecule has 0 radical (unpaired) electrons. The van der Waals surface area contributed by atoms with Crippen LogP contribution in [0.4, 0.5) is 0 Å². The van der Waals surface area contributed by atoms with Crippen LogP contribution in [0.5, 0.6) is 11.8 Å². The monoisotopic (exact) mass is 257 g/mol. The van der Waals surface area contributed by atoms with Crippen molar-refractivity contribution in [1.82, 2.24) is 9.97 Å². The lowest BCUT2D eigenvalue weighted by Gasteiger charge is -2.08. The molecule has 2 rings (SSSR count). The highest BCUT2D eigenvalue weighted by molar-refractivity contribution is 5.37. The molecule has 0 aliphatic carbocycles. The molecule has 1 heterocycles. The molecule has 4 heteroatoms. The molecule has 0 amide bonds. The van der Waals surface area contributed by atoms with Gasteiger partial charge in [0.2, 0.25) is 0 Å². The van der Waals surface area contributed by atoms with Crippen LogP contribution in [-0.4, -0.2) is 16.0 Å². The van der Waals surface area contributed by atoms with E-state index in [0.717, 1.165) is 23.3 Å². The van der Waals surface area contributed by atoms with Crippen LogP contribution in [0.2, 0.25) is 0 Å². The second-order valence-corrected chi connectivity index (χ2v) is 4.93. The van der Waals surface area contributed by atoms with Crippen LogP contribution in [0.25, 0.3) is 0 Å². The third-order valence-corrected chi connectivity index (χ3v) is 2.77. The van der Waals surface area contributed by atoms with Gasteiger partial charge in [0.05, 0.1) is 0 Å². The Morgan fingerprint density at radius 1 is 1.21 bits per heavy atom. The molecule has 0 saturated heterocycles. The van der Waals surface area contributed by atoms with Crippen LogP contribution in [-0.2, 0) is 6.42 Å². The van der Waals surface area contributed by atoms with Crippen LogP contribution >= 0.6 is 0 Å². The predicted molar refractivity (Wildman–Crippen MR) is 75.4 cm³/mol. The lowest BCUT2D eigenvalue weighted by molar-refractivity contribution is 0.437. The number of aromatic nitrogens is 2. The molecule has 1 aromatic carbocycles. The highest BCUT2D eigenvalue weighted by atomic mass is 16.5. The minimum atomic E-state index is 0.106. The molecular weight excluding hydrogens is 238 g/mol. The van der Waals surface area contributed by atoms with Crippen LogP contribution in [0.15, 0.2) is 30.6 Å². The Morgan fingerprint density at radius 2 is 1.89 bits per heavy atom. The van der Waals surface area contributed by atoms with Crippen molar-refractivity contribution in [2.24, 2.45) is 5.73 Å². The van der Waals surface area contributed by atoms with E-state index >= 15 is 0 Å². The minimum Gasteiger partial charge on any atom is -0.424 e. The molecule has 1 atom stereocenters. The zero-order valence-electron chi connectivity index (χ0n) is 11.6. The average Bonchev–Trinajstić information content (AvgIpc) is 2.34. The van der Waals surface area contributed by atoms with Gasteiger partial charge in [-0.15, -0.1) is 0 Å². The third-order valence-electron chi connectivity index (χ3n) is 2.77. The van der Waals surface area contributed by atoms with Gasteiger partial charge in [-0.1, -0.05) is 17.7 Å². The first-order valence-corrected chi connectivity index (χ1v) is 6.36. The standard InChI is InChI=1S/C15H19N3O/c1-10-4-5-14(11(2)6-10)19-15-17-8-13(9-18-15)7-12(3)16/h4-6,8-9,12H,7,16H2,1-3H3. The number of hydrogen-bond donors (Lipinski definition) is 1. The van der Waals surface area contributed by atoms with E-state index in [1.165, 1.54) is 5.56 Å². The van der Waals surface area contributed by atoms with Gasteiger partial charge in [0.15, 0.2) is 0 Å². The van der Waals surface area contributed by atoms with E-state index in [1.54, 1.807) is 12.4 Å². The lowest BCUT2D eigenvalue weighted by Crippen LogP contribution is -2.17. The van der Waals surface area contributed by atoms with Gasteiger partial charge in [0.25, 0.3) is 0 Å². The largest absolute Gasteiger partial charge is 0.424 e. The highest BCUT2D eigenvalue weighted by Crippen LogP contribution is 2.23. The summed E-state index contributed by atoms with van der Waals surface area (Å²) in [6.07, 6.45) is 4.29. The van der Waals surface area contributed by atoms with Crippen molar-refractivity contribution in [2.45, 2.75) is 33.2 Å². The molecule has 0 fully saturated rings. The lowest BCUT2D eigenvalue weighted by atomic mass is 10.1. The molecule has 2 aromatic rings. The van der Waals surface area contributed by atoms with Gasteiger partial charge in [0, 0.05) is 18.4 Å². The summed E-state index contributed by atoms with van der Waals surface area (Å²) in [6, 6.07) is 6.48. The number of aryl methyl sites for hydroxylation is 2. The van der Waals surface area contributed by atoms with Gasteiger partial charge in [-0.3, -0.25) is 0 Å². The normalized spacial score (nSPS) is 12.2. The van der Waals surface area contributed by atoms with E-state index < -0.39 is 0 Å². The maximum absolute atomic E-state index is 5.73. The second kappa shape index (κ2) is 5.80. The highest BCUT2D eigenvalue weighted by Gasteiger charge is 2.05. The van der Waals surface area contributed by atoms with Crippen molar-refractivity contribution in [3.63, 3.8) is 0 Å². The van der Waals surface area contributed by atoms with E-state index in [0.29, 0.717) is 6.01 Å². The van der Waals surface area contributed by atoms with Crippen molar-refractivity contribution in [3.8, 4) is 11.8 Å². The molecular formula is C15H19N3O. The van der Waals surface area contributed by atoms with Crippen LogP contribution in [0.1, 0.15) is 23.6 Å². The molecule has 1 aromatic heterocycles. The number of ether oxygens (including phenoxy) is 1. The van der Waals surface area contributed by atoms with Crippen molar-refractivity contribution in [1.29, 1.82) is 0 Å². The molecule has 0 spiro atoms. The fourth-order valence-electron chi connectivity index (χ4n) is 1.89.